The van der Waals surface area contributed by atoms with Gasteiger partial charge in [-0.3, -0.25) is 4.79 Å². The molecule has 0 aliphatic heterocycles. The maximum Gasteiger partial charge on any atom is 0.435 e. The Kier molecular flexibility index (Phi) is 7.34. The molecule has 0 bridgehead atoms. The number of hydrogen-bond acceptors (Lipinski definition) is 3. The zero-order chi connectivity index (χ0) is 27.2. The second-order valence-corrected chi connectivity index (χ2v) is 9.26. The van der Waals surface area contributed by atoms with Gasteiger partial charge in [0, 0.05) is 33.1 Å². The van der Waals surface area contributed by atoms with Crippen LogP contribution in [-0.4, -0.2) is 28.2 Å². The first-order chi connectivity index (χ1) is 16.5. The number of alkyl halides is 9. The van der Waals surface area contributed by atoms with E-state index in [0.29, 0.717) is 10.1 Å². The van der Waals surface area contributed by atoms with Gasteiger partial charge in [-0.1, -0.05) is 6.07 Å². The normalized spacial score (nSPS) is 13.8. The number of halogens is 10. The number of hydrogen-bond donors (Lipinski definition) is 1. The summed E-state index contributed by atoms with van der Waals surface area (Å²) in [6.07, 6.45) is -12.0. The molecule has 0 spiro atoms. The summed E-state index contributed by atoms with van der Waals surface area (Å²) < 4.78 is 132. The Bertz CT molecular complexity index is 1350. The van der Waals surface area contributed by atoms with Gasteiger partial charge < -0.3 is 10.5 Å². The van der Waals surface area contributed by atoms with Crippen LogP contribution in [0.1, 0.15) is 15.9 Å². The van der Waals surface area contributed by atoms with E-state index >= 15 is 0 Å². The molecule has 3 aromatic rings. The van der Waals surface area contributed by atoms with E-state index in [9.17, 15) is 53.7 Å². The van der Waals surface area contributed by atoms with E-state index in [1.807, 2.05) is 0 Å². The van der Waals surface area contributed by atoms with E-state index in [-0.39, 0.29) is 23.2 Å². The summed E-state index contributed by atoms with van der Waals surface area (Å²) in [7, 11) is -3.35. The molecule has 0 aliphatic carbocycles. The van der Waals surface area contributed by atoms with Crippen LogP contribution in [0.15, 0.2) is 58.0 Å². The molecule has 16 heteroatoms. The summed E-state index contributed by atoms with van der Waals surface area (Å²) in [6, 6.07) is 6.33. The summed E-state index contributed by atoms with van der Waals surface area (Å²) in [5.41, 5.74) is -9.76. The maximum absolute atomic E-state index is 14.7. The summed E-state index contributed by atoms with van der Waals surface area (Å²) >= 11 is 2.33. The van der Waals surface area contributed by atoms with Gasteiger partial charge in [-0.2, -0.15) is 39.9 Å². The Morgan fingerprint density at radius 3 is 2.17 bits per heavy atom. The smallest absolute Gasteiger partial charge is 0.435 e. The Morgan fingerprint density at radius 1 is 1.00 bits per heavy atom. The highest BCUT2D eigenvalue weighted by Gasteiger charge is 2.74. The van der Waals surface area contributed by atoms with Crippen LogP contribution < -0.4 is 10.0 Å². The molecule has 1 aromatic heterocycles. The van der Waals surface area contributed by atoms with E-state index in [4.69, 9.17) is 0 Å². The van der Waals surface area contributed by atoms with Gasteiger partial charge in [0.25, 0.3) is 5.91 Å². The summed E-state index contributed by atoms with van der Waals surface area (Å²) in [5.74, 6) is -4.96. The van der Waals surface area contributed by atoms with Crippen molar-refractivity contribution in [2.45, 2.75) is 28.7 Å². The first-order valence-corrected chi connectivity index (χ1v) is 11.3. The van der Waals surface area contributed by atoms with Crippen LogP contribution in [0.2, 0.25) is 0 Å². The summed E-state index contributed by atoms with van der Waals surface area (Å²) in [5, 5.41) is 14.1. The predicted molar refractivity (Wildman–Crippen MR) is 112 cm³/mol. The number of nitrogens with one attached hydrogen (secondary N) is 1. The van der Waals surface area contributed by atoms with Crippen LogP contribution >= 0.6 is 15.9 Å². The number of carbonyl (C=O) groups is 1. The van der Waals surface area contributed by atoms with E-state index in [2.05, 4.69) is 15.9 Å². The van der Waals surface area contributed by atoms with Gasteiger partial charge in [0.05, 0.1) is 10.6 Å². The molecule has 3 rings (SSSR count). The fraction of sp³-hybridized carbons (Fsp3) is 0.200. The van der Waals surface area contributed by atoms with Crippen molar-refractivity contribution in [2.24, 2.45) is 0 Å². The second kappa shape index (κ2) is 9.53. The van der Waals surface area contributed by atoms with Crippen molar-refractivity contribution in [1.29, 1.82) is 0 Å². The van der Waals surface area contributed by atoms with Crippen LogP contribution in [0.4, 0.5) is 45.2 Å². The van der Waals surface area contributed by atoms with Gasteiger partial charge >= 0.3 is 23.8 Å². The van der Waals surface area contributed by atoms with Crippen LogP contribution in [0.25, 0.3) is 10.9 Å². The number of carbonyl (C=O) groups excluding carboxylic acids is 1. The quantitative estimate of drug-likeness (QED) is 0.216. The topological polar surface area (TPSA) is 73.1 Å². The first kappa shape index (κ1) is 27.7. The Hall–Kier alpha value is -2.88. The lowest BCUT2D eigenvalue weighted by Crippen LogP contribution is -2.50. The molecule has 1 atom stereocenters. The van der Waals surface area contributed by atoms with Crippen molar-refractivity contribution in [1.82, 2.24) is 0 Å². The molecule has 1 unspecified atom stereocenters. The third-order valence-electron chi connectivity index (χ3n) is 4.90. The van der Waals surface area contributed by atoms with Crippen molar-refractivity contribution in [2.75, 3.05) is 5.32 Å². The Balaban J connectivity index is 2.21. The van der Waals surface area contributed by atoms with Gasteiger partial charge in [0.2, 0.25) is 5.52 Å². The minimum Gasteiger partial charge on any atom is -0.618 e. The molecular weight excluding hydrogens is 599 g/mol. The molecule has 1 heterocycles. The van der Waals surface area contributed by atoms with Crippen LogP contribution in [0, 0.1) is 5.21 Å². The zero-order valence-corrected chi connectivity index (χ0v) is 19.5. The highest BCUT2D eigenvalue weighted by molar-refractivity contribution is 9.10. The van der Waals surface area contributed by atoms with Crippen molar-refractivity contribution < 1.29 is 53.2 Å². The van der Waals surface area contributed by atoms with Gasteiger partial charge in [-0.15, -0.1) is 0 Å². The lowest BCUT2D eigenvalue weighted by Gasteiger charge is -2.32. The second-order valence-electron chi connectivity index (χ2n) is 7.07. The number of amides is 1. The highest BCUT2D eigenvalue weighted by Crippen LogP contribution is 2.56. The molecule has 2 aromatic carbocycles. The minimum atomic E-state index is -6.56. The Labute approximate surface area is 206 Å². The van der Waals surface area contributed by atoms with Crippen molar-refractivity contribution in [3.8, 4) is 0 Å². The summed E-state index contributed by atoms with van der Waals surface area (Å²) in [4.78, 5) is 11.7. The van der Waals surface area contributed by atoms with Crippen molar-refractivity contribution >= 4 is 49.2 Å². The molecule has 0 radical (unpaired) electrons. The number of anilines is 1. The third kappa shape index (κ3) is 4.75. The van der Waals surface area contributed by atoms with Gasteiger partial charge in [0.15, 0.2) is 6.20 Å². The van der Waals surface area contributed by atoms with Crippen molar-refractivity contribution in [3.63, 3.8) is 0 Å². The van der Waals surface area contributed by atoms with E-state index in [0.717, 1.165) is 18.3 Å². The molecule has 0 saturated heterocycles. The SMILES string of the molecule is O=C(Nc1c(S(=O)C(F)F)ccc(C(F)(C(F)(F)F)C(F)(F)F)c1Br)c1ccc2ccc[n+]([O-])c2c1. The lowest BCUT2D eigenvalue weighted by molar-refractivity contribution is -0.577. The van der Waals surface area contributed by atoms with Crippen LogP contribution in [0.3, 0.4) is 0 Å². The molecule has 1 amide bonds. The number of nitrogens with zero attached hydrogens (tertiary/aromatic N) is 1. The average molecular weight is 609 g/mol. The molecule has 0 saturated carbocycles. The van der Waals surface area contributed by atoms with E-state index < -0.39 is 61.1 Å². The fourth-order valence-electron chi connectivity index (χ4n) is 3.18. The zero-order valence-electron chi connectivity index (χ0n) is 17.1. The Morgan fingerprint density at radius 2 is 1.61 bits per heavy atom. The first-order valence-electron chi connectivity index (χ1n) is 9.28. The van der Waals surface area contributed by atoms with Gasteiger partial charge in [-0.25, -0.2) is 8.60 Å². The van der Waals surface area contributed by atoms with Crippen LogP contribution in [-0.2, 0) is 16.5 Å². The lowest BCUT2D eigenvalue weighted by atomic mass is 9.93. The number of aromatic nitrogens is 1. The van der Waals surface area contributed by atoms with Crippen molar-refractivity contribution in [3.05, 3.63) is 69.5 Å². The molecule has 194 valence electrons. The molecule has 5 nitrogen and oxygen atoms in total. The number of rotatable bonds is 5. The number of benzene rings is 2. The number of pyridine rings is 1. The molecule has 36 heavy (non-hydrogen) atoms. The average Bonchev–Trinajstić information content (AvgIpc) is 2.77. The third-order valence-corrected chi connectivity index (χ3v) is 6.82. The summed E-state index contributed by atoms with van der Waals surface area (Å²) in [6.45, 7) is 0. The van der Waals surface area contributed by atoms with E-state index in [1.165, 1.54) is 18.2 Å². The van der Waals surface area contributed by atoms with Gasteiger partial charge in [-0.05, 0) is 40.2 Å². The monoisotopic (exact) mass is 608 g/mol. The van der Waals surface area contributed by atoms with E-state index in [1.54, 1.807) is 5.32 Å². The molecule has 0 fully saturated rings. The van der Waals surface area contributed by atoms with Gasteiger partial charge in [0.1, 0.15) is 10.8 Å². The molecule has 1 N–H and O–H groups in total. The molecular formula is C20H10BrF9N2O3S. The predicted octanol–water partition coefficient (Wildman–Crippen LogP) is 6.11. The van der Waals surface area contributed by atoms with Crippen LogP contribution in [0.5, 0.6) is 0 Å². The largest absolute Gasteiger partial charge is 0.618 e. The minimum absolute atomic E-state index is 0.0636. The standard InChI is InChI=1S/C20H10BrF9N2O3S/c21-14-11(18(24,19(25,26)27)20(28,29)30)5-6-13(36(35)17(22)23)15(14)31-16(33)10-4-3-9-2-1-7-32(34)12(9)8-10/h1-8,17H,(H,31,33). The molecule has 0 aliphatic rings. The maximum atomic E-state index is 14.7. The fourth-order valence-corrected chi connectivity index (χ4v) is 4.78. The number of fused-ring (bicyclic) bond motifs is 1. The highest BCUT2D eigenvalue weighted by atomic mass is 79.9.